The second-order valence-electron chi connectivity index (χ2n) is 7.46. The SMILES string of the molecule is O=C(O)Cc1ccc(N/C=C/[P+](c2ccccc2)(c2ccccc2)c2ccccc2)cc1. The van der Waals surface area contributed by atoms with Gasteiger partial charge < -0.3 is 10.4 Å². The molecule has 0 atom stereocenters. The van der Waals surface area contributed by atoms with Crippen LogP contribution in [0, 0.1) is 0 Å². The molecule has 0 radical (unpaired) electrons. The fourth-order valence-corrected chi connectivity index (χ4v) is 7.47. The monoisotopic (exact) mass is 438 g/mol. The van der Waals surface area contributed by atoms with Crippen molar-refractivity contribution in [2.24, 2.45) is 0 Å². The molecular weight excluding hydrogens is 413 g/mol. The first kappa shape index (κ1) is 21.5. The summed E-state index contributed by atoms with van der Waals surface area (Å²) < 4.78 is 0. The van der Waals surface area contributed by atoms with Crippen LogP contribution in [-0.2, 0) is 11.2 Å². The van der Waals surface area contributed by atoms with Gasteiger partial charge in [0, 0.05) is 11.9 Å². The van der Waals surface area contributed by atoms with E-state index in [1.807, 2.05) is 30.5 Å². The van der Waals surface area contributed by atoms with Crippen LogP contribution in [-0.4, -0.2) is 11.1 Å². The zero-order valence-electron chi connectivity index (χ0n) is 17.6. The normalized spacial score (nSPS) is 11.4. The maximum Gasteiger partial charge on any atom is 0.307 e. The van der Waals surface area contributed by atoms with Gasteiger partial charge in [-0.2, -0.15) is 0 Å². The molecule has 4 heteroatoms. The molecule has 2 N–H and O–H groups in total. The van der Waals surface area contributed by atoms with E-state index in [2.05, 4.69) is 102 Å². The highest BCUT2D eigenvalue weighted by molar-refractivity contribution is 7.98. The highest BCUT2D eigenvalue weighted by Crippen LogP contribution is 2.56. The third kappa shape index (κ3) is 4.80. The summed E-state index contributed by atoms with van der Waals surface area (Å²) in [4.78, 5) is 10.9. The van der Waals surface area contributed by atoms with Gasteiger partial charge in [-0.05, 0) is 54.1 Å². The predicted molar refractivity (Wildman–Crippen MR) is 136 cm³/mol. The zero-order chi connectivity index (χ0) is 22.2. The molecule has 0 aliphatic carbocycles. The molecule has 32 heavy (non-hydrogen) atoms. The summed E-state index contributed by atoms with van der Waals surface area (Å²) >= 11 is 0. The maximum absolute atomic E-state index is 10.9. The molecule has 3 nitrogen and oxygen atoms in total. The Balaban J connectivity index is 1.75. The Morgan fingerprint density at radius 3 is 1.53 bits per heavy atom. The molecule has 4 aromatic rings. The molecule has 0 amide bonds. The fourth-order valence-electron chi connectivity index (χ4n) is 3.83. The van der Waals surface area contributed by atoms with Crippen LogP contribution >= 0.6 is 7.26 Å². The van der Waals surface area contributed by atoms with Crippen molar-refractivity contribution in [1.29, 1.82) is 0 Å². The van der Waals surface area contributed by atoms with Crippen molar-refractivity contribution in [1.82, 2.24) is 0 Å². The van der Waals surface area contributed by atoms with Gasteiger partial charge in [-0.3, -0.25) is 4.79 Å². The molecule has 0 aliphatic rings. The van der Waals surface area contributed by atoms with E-state index in [0.717, 1.165) is 11.3 Å². The number of aliphatic carboxylic acids is 1. The number of hydrogen-bond donors (Lipinski definition) is 2. The van der Waals surface area contributed by atoms with Crippen LogP contribution in [0.5, 0.6) is 0 Å². The molecule has 0 aromatic heterocycles. The van der Waals surface area contributed by atoms with Crippen molar-refractivity contribution < 1.29 is 9.90 Å². The third-order valence-corrected chi connectivity index (χ3v) is 9.28. The lowest BCUT2D eigenvalue weighted by atomic mass is 10.1. The second kappa shape index (κ2) is 10.1. The quantitative estimate of drug-likeness (QED) is 0.372. The molecule has 0 heterocycles. The highest BCUT2D eigenvalue weighted by Gasteiger charge is 2.43. The van der Waals surface area contributed by atoms with Gasteiger partial charge in [0.2, 0.25) is 0 Å². The van der Waals surface area contributed by atoms with Crippen molar-refractivity contribution in [2.75, 3.05) is 5.32 Å². The van der Waals surface area contributed by atoms with Crippen molar-refractivity contribution in [2.45, 2.75) is 6.42 Å². The smallest absolute Gasteiger partial charge is 0.307 e. The van der Waals surface area contributed by atoms with E-state index in [9.17, 15) is 4.79 Å². The van der Waals surface area contributed by atoms with Gasteiger partial charge in [0.25, 0.3) is 0 Å². The number of carbonyl (C=O) groups is 1. The molecule has 0 fully saturated rings. The van der Waals surface area contributed by atoms with E-state index in [1.165, 1.54) is 15.9 Å². The summed E-state index contributed by atoms with van der Waals surface area (Å²) in [6, 6.07) is 39.5. The van der Waals surface area contributed by atoms with E-state index in [1.54, 1.807) is 0 Å². The summed E-state index contributed by atoms with van der Waals surface area (Å²) in [5.41, 5.74) is 1.70. The zero-order valence-corrected chi connectivity index (χ0v) is 18.5. The number of nitrogens with one attached hydrogen (secondary N) is 1. The van der Waals surface area contributed by atoms with Crippen molar-refractivity contribution in [3.05, 3.63) is 133 Å². The van der Waals surface area contributed by atoms with Gasteiger partial charge in [-0.25, -0.2) is 0 Å². The molecule has 0 unspecified atom stereocenters. The lowest BCUT2D eigenvalue weighted by Crippen LogP contribution is -2.29. The summed E-state index contributed by atoms with van der Waals surface area (Å²) in [5, 5.41) is 16.2. The summed E-state index contributed by atoms with van der Waals surface area (Å²) in [5.74, 6) is 1.48. The molecule has 0 aliphatic heterocycles. The number of rotatable bonds is 8. The maximum atomic E-state index is 10.9. The Morgan fingerprint density at radius 2 is 1.12 bits per heavy atom. The van der Waals surface area contributed by atoms with E-state index >= 15 is 0 Å². The lowest BCUT2D eigenvalue weighted by molar-refractivity contribution is -0.136. The Hall–Kier alpha value is -3.68. The van der Waals surface area contributed by atoms with E-state index in [-0.39, 0.29) is 6.42 Å². The van der Waals surface area contributed by atoms with E-state index in [0.29, 0.717) is 0 Å². The minimum absolute atomic E-state index is 0.0286. The second-order valence-corrected chi connectivity index (χ2v) is 10.7. The van der Waals surface area contributed by atoms with Crippen LogP contribution < -0.4 is 21.2 Å². The third-order valence-electron chi connectivity index (χ3n) is 5.35. The first-order chi connectivity index (χ1) is 15.7. The molecular formula is C28H25NO2P+. The Bertz CT molecular complexity index is 1080. The Morgan fingerprint density at radius 1 is 0.688 bits per heavy atom. The van der Waals surface area contributed by atoms with Crippen molar-refractivity contribution >= 4 is 34.8 Å². The van der Waals surface area contributed by atoms with Gasteiger partial charge in [-0.15, -0.1) is 0 Å². The minimum Gasteiger partial charge on any atom is -0.481 e. The number of benzene rings is 4. The molecule has 4 aromatic carbocycles. The van der Waals surface area contributed by atoms with Crippen LogP contribution in [0.2, 0.25) is 0 Å². The lowest BCUT2D eigenvalue weighted by Gasteiger charge is -2.24. The van der Waals surface area contributed by atoms with Gasteiger partial charge in [0.1, 0.15) is 23.2 Å². The highest BCUT2D eigenvalue weighted by atomic mass is 31.2. The summed E-state index contributed by atoms with van der Waals surface area (Å²) in [7, 11) is -2.04. The molecule has 158 valence electrons. The number of anilines is 1. The number of hydrogen-bond acceptors (Lipinski definition) is 2. The molecule has 0 bridgehead atoms. The molecule has 4 rings (SSSR count). The van der Waals surface area contributed by atoms with Crippen LogP contribution in [0.25, 0.3) is 0 Å². The first-order valence-electron chi connectivity index (χ1n) is 10.5. The average molecular weight is 438 g/mol. The predicted octanol–water partition coefficient (Wildman–Crippen LogP) is 5.19. The van der Waals surface area contributed by atoms with Gasteiger partial charge >= 0.3 is 5.97 Å². The average Bonchev–Trinajstić information content (AvgIpc) is 2.84. The minimum atomic E-state index is -2.04. The molecule has 0 spiro atoms. The topological polar surface area (TPSA) is 49.3 Å². The molecule has 0 saturated carbocycles. The van der Waals surface area contributed by atoms with Crippen LogP contribution in [0.1, 0.15) is 5.56 Å². The summed E-state index contributed by atoms with van der Waals surface area (Å²) in [6.45, 7) is 0. The summed E-state index contributed by atoms with van der Waals surface area (Å²) in [6.07, 6.45) is 2.05. The van der Waals surface area contributed by atoms with Crippen molar-refractivity contribution in [3.8, 4) is 0 Å². The van der Waals surface area contributed by atoms with Crippen LogP contribution in [0.3, 0.4) is 0 Å². The van der Waals surface area contributed by atoms with Crippen LogP contribution in [0.4, 0.5) is 5.69 Å². The standard InChI is InChI=1S/C28H24NO2P/c30-28(31)22-23-16-18-24(19-17-23)29-20-21-32(25-10-4-1-5-11-25,26-12-6-2-7-13-26)27-14-8-3-9-15-27/h1-21,29H,22H2/p+1/b21-20+. The Kier molecular flexibility index (Phi) is 6.79. The fraction of sp³-hybridized carbons (Fsp3) is 0.0357. The van der Waals surface area contributed by atoms with Gasteiger partial charge in [-0.1, -0.05) is 66.7 Å². The van der Waals surface area contributed by atoms with Crippen LogP contribution in [0.15, 0.2) is 127 Å². The number of carboxylic acids is 1. The molecule has 0 saturated heterocycles. The Labute approximate surface area is 189 Å². The van der Waals surface area contributed by atoms with E-state index < -0.39 is 13.2 Å². The van der Waals surface area contributed by atoms with Gasteiger partial charge in [0.05, 0.1) is 12.2 Å². The first-order valence-corrected chi connectivity index (χ1v) is 12.3. The van der Waals surface area contributed by atoms with Gasteiger partial charge in [0.15, 0.2) is 0 Å². The van der Waals surface area contributed by atoms with Crippen molar-refractivity contribution in [3.63, 3.8) is 0 Å². The number of carboxylic acid groups (broad SMARTS) is 1. The van der Waals surface area contributed by atoms with E-state index in [4.69, 9.17) is 5.11 Å². The largest absolute Gasteiger partial charge is 0.481 e.